The zero-order valence-corrected chi connectivity index (χ0v) is 14.5. The van der Waals surface area contributed by atoms with Gasteiger partial charge in [-0.1, -0.05) is 44.2 Å². The topological polar surface area (TPSA) is 52.9 Å². The summed E-state index contributed by atoms with van der Waals surface area (Å²) in [6.07, 6.45) is 1.47. The average molecular weight is 311 g/mol. The van der Waals surface area contributed by atoms with Gasteiger partial charge < -0.3 is 19.8 Å². The Morgan fingerprint density at radius 1 is 1.09 bits per heavy atom. The Kier molecular flexibility index (Phi) is 13.1. The first-order chi connectivity index (χ1) is 10.6. The van der Waals surface area contributed by atoms with Crippen LogP contribution in [0.1, 0.15) is 51.7 Å². The van der Waals surface area contributed by atoms with Crippen molar-refractivity contribution >= 4 is 0 Å². The fourth-order valence-electron chi connectivity index (χ4n) is 2.14. The number of aliphatic hydroxyl groups is 2. The van der Waals surface area contributed by atoms with Gasteiger partial charge in [0.25, 0.3) is 0 Å². The quantitative estimate of drug-likeness (QED) is 0.820. The van der Waals surface area contributed by atoms with Crippen molar-refractivity contribution in [3.05, 3.63) is 35.9 Å². The molecule has 2 N–H and O–H groups in total. The van der Waals surface area contributed by atoms with Gasteiger partial charge in [0.15, 0.2) is 6.29 Å². The van der Waals surface area contributed by atoms with Crippen molar-refractivity contribution in [2.45, 2.75) is 52.4 Å². The van der Waals surface area contributed by atoms with E-state index in [1.807, 2.05) is 44.2 Å². The molecule has 2 rings (SSSR count). The maximum absolute atomic E-state index is 9.68. The van der Waals surface area contributed by atoms with Crippen molar-refractivity contribution in [2.75, 3.05) is 26.7 Å². The van der Waals surface area contributed by atoms with Gasteiger partial charge in [-0.2, -0.15) is 0 Å². The Morgan fingerprint density at radius 2 is 1.64 bits per heavy atom. The second kappa shape index (κ2) is 13.7. The zero-order valence-electron chi connectivity index (χ0n) is 14.5. The Hall–Kier alpha value is -0.940. The normalized spacial score (nSPS) is 16.8. The maximum atomic E-state index is 9.68. The molecule has 1 aromatic rings. The minimum Gasteiger partial charge on any atom is -0.388 e. The van der Waals surface area contributed by atoms with Gasteiger partial charge in [-0.25, -0.2) is 0 Å². The van der Waals surface area contributed by atoms with Gasteiger partial charge in [0, 0.05) is 13.0 Å². The van der Waals surface area contributed by atoms with Crippen LogP contribution in [-0.4, -0.2) is 48.1 Å². The Labute approximate surface area is 135 Å². The van der Waals surface area contributed by atoms with E-state index in [9.17, 15) is 10.2 Å². The van der Waals surface area contributed by atoms with Gasteiger partial charge >= 0.3 is 0 Å². The Balaban J connectivity index is 0.000000457. The molecular weight excluding hydrogens is 278 g/mol. The highest BCUT2D eigenvalue weighted by atomic mass is 16.6. The summed E-state index contributed by atoms with van der Waals surface area (Å²) in [6.45, 7) is 8.89. The highest BCUT2D eigenvalue weighted by molar-refractivity contribution is 5.17. The maximum Gasteiger partial charge on any atom is 0.157 e. The summed E-state index contributed by atoms with van der Waals surface area (Å²) in [4.78, 5) is 2.36. The van der Waals surface area contributed by atoms with Gasteiger partial charge in [0.1, 0.15) is 0 Å². The van der Waals surface area contributed by atoms with E-state index in [1.54, 1.807) is 6.92 Å². The molecule has 1 aromatic carbocycles. The lowest BCUT2D eigenvalue weighted by molar-refractivity contribution is -0.116. The van der Waals surface area contributed by atoms with Gasteiger partial charge in [0.05, 0.1) is 6.10 Å². The van der Waals surface area contributed by atoms with E-state index in [1.165, 1.54) is 25.9 Å². The number of aliphatic hydroxyl groups excluding tert-OH is 2. The number of hydrogen-bond donors (Lipinski definition) is 2. The number of nitrogens with zero attached hydrogens (tertiary/aromatic N) is 1. The van der Waals surface area contributed by atoms with E-state index in [0.29, 0.717) is 6.61 Å². The van der Waals surface area contributed by atoms with Gasteiger partial charge in [0.2, 0.25) is 0 Å². The number of likely N-dealkylation sites (tertiary alicyclic amines) is 1. The largest absolute Gasteiger partial charge is 0.388 e. The molecule has 0 spiro atoms. The Morgan fingerprint density at radius 3 is 2.05 bits per heavy atom. The lowest BCUT2D eigenvalue weighted by Crippen LogP contribution is -2.15. The van der Waals surface area contributed by atoms with Crippen LogP contribution in [0.15, 0.2) is 30.3 Å². The molecule has 1 fully saturated rings. The zero-order chi connectivity index (χ0) is 16.8. The number of benzene rings is 1. The molecule has 0 saturated carbocycles. The number of ether oxygens (including phenoxy) is 1. The fourth-order valence-corrected chi connectivity index (χ4v) is 2.14. The lowest BCUT2D eigenvalue weighted by Gasteiger charge is -2.15. The predicted octanol–water partition coefficient (Wildman–Crippen LogP) is 3.20. The van der Waals surface area contributed by atoms with Crippen LogP contribution in [0.2, 0.25) is 0 Å². The molecule has 1 aliphatic rings. The van der Waals surface area contributed by atoms with E-state index in [2.05, 4.69) is 11.9 Å². The van der Waals surface area contributed by atoms with E-state index in [4.69, 9.17) is 4.74 Å². The van der Waals surface area contributed by atoms with Crippen LogP contribution in [0.3, 0.4) is 0 Å². The van der Waals surface area contributed by atoms with Crippen LogP contribution >= 0.6 is 0 Å². The first-order valence-corrected chi connectivity index (χ1v) is 8.34. The summed E-state index contributed by atoms with van der Waals surface area (Å²) in [6, 6.07) is 9.24. The average Bonchev–Trinajstić information content (AvgIpc) is 3.02. The smallest absolute Gasteiger partial charge is 0.157 e. The molecule has 22 heavy (non-hydrogen) atoms. The minimum atomic E-state index is -0.893. The van der Waals surface area contributed by atoms with Crippen LogP contribution in [-0.2, 0) is 4.74 Å². The van der Waals surface area contributed by atoms with Crippen molar-refractivity contribution in [3.8, 4) is 0 Å². The third-order valence-corrected chi connectivity index (χ3v) is 3.30. The summed E-state index contributed by atoms with van der Waals surface area (Å²) >= 11 is 0. The third-order valence-electron chi connectivity index (χ3n) is 3.30. The van der Waals surface area contributed by atoms with Crippen molar-refractivity contribution in [3.63, 3.8) is 0 Å². The summed E-state index contributed by atoms with van der Waals surface area (Å²) in [5.41, 5.74) is 0.797. The molecule has 2 atom stereocenters. The highest BCUT2D eigenvalue weighted by Gasteiger charge is 2.12. The molecular formula is C18H33NO3. The second-order valence-corrected chi connectivity index (χ2v) is 5.08. The second-order valence-electron chi connectivity index (χ2n) is 5.08. The minimum absolute atomic E-state index is 0.206. The molecule has 128 valence electrons. The summed E-state index contributed by atoms with van der Waals surface area (Å²) < 4.78 is 4.93. The Bertz CT molecular complexity index is 339. The van der Waals surface area contributed by atoms with Gasteiger partial charge in [-0.15, -0.1) is 0 Å². The number of rotatable bonds is 5. The predicted molar refractivity (Wildman–Crippen MR) is 91.7 cm³/mol. The summed E-state index contributed by atoms with van der Waals surface area (Å²) in [5.74, 6) is 0. The first-order valence-electron chi connectivity index (χ1n) is 8.34. The molecule has 0 radical (unpaired) electrons. The highest BCUT2D eigenvalue weighted by Crippen LogP contribution is 2.17. The SMILES string of the molecule is CC.CCOC(O)CC(O)c1ccccc1.CN1CCCC1. The number of hydrogen-bond acceptors (Lipinski definition) is 4. The van der Waals surface area contributed by atoms with Gasteiger partial charge in [-0.05, 0) is 45.5 Å². The molecule has 4 heteroatoms. The van der Waals surface area contributed by atoms with E-state index < -0.39 is 12.4 Å². The van der Waals surface area contributed by atoms with Crippen molar-refractivity contribution in [1.82, 2.24) is 4.90 Å². The molecule has 1 aliphatic heterocycles. The van der Waals surface area contributed by atoms with Crippen LogP contribution < -0.4 is 0 Å². The van der Waals surface area contributed by atoms with Crippen molar-refractivity contribution in [2.24, 2.45) is 0 Å². The third kappa shape index (κ3) is 9.90. The molecule has 0 bridgehead atoms. The molecule has 2 unspecified atom stereocenters. The van der Waals surface area contributed by atoms with Crippen LogP contribution in [0.25, 0.3) is 0 Å². The molecule has 4 nitrogen and oxygen atoms in total. The molecule has 1 saturated heterocycles. The summed E-state index contributed by atoms with van der Waals surface area (Å²) in [7, 11) is 2.17. The van der Waals surface area contributed by atoms with Crippen LogP contribution in [0.4, 0.5) is 0 Å². The standard InChI is InChI=1S/C11H16O3.C5H11N.C2H6/c1-2-14-11(13)8-10(12)9-6-4-3-5-7-9;1-6-4-2-3-5-6;1-2/h3-7,10-13H,2,8H2,1H3;2-5H2,1H3;1-2H3. The van der Waals surface area contributed by atoms with E-state index in [-0.39, 0.29) is 6.42 Å². The molecule has 0 aromatic heterocycles. The molecule has 0 amide bonds. The van der Waals surface area contributed by atoms with Gasteiger partial charge in [-0.3, -0.25) is 0 Å². The van der Waals surface area contributed by atoms with Crippen molar-refractivity contribution < 1.29 is 14.9 Å². The summed E-state index contributed by atoms with van der Waals surface area (Å²) in [5, 5.41) is 19.0. The van der Waals surface area contributed by atoms with E-state index in [0.717, 1.165) is 5.56 Å². The molecule has 0 aliphatic carbocycles. The molecule has 1 heterocycles. The fraction of sp³-hybridized carbons (Fsp3) is 0.667. The monoisotopic (exact) mass is 311 g/mol. The first kappa shape index (κ1) is 21.1. The van der Waals surface area contributed by atoms with Crippen molar-refractivity contribution in [1.29, 1.82) is 0 Å². The van der Waals surface area contributed by atoms with Crippen LogP contribution in [0.5, 0.6) is 0 Å². The lowest BCUT2D eigenvalue weighted by atomic mass is 10.1. The van der Waals surface area contributed by atoms with Crippen LogP contribution in [0, 0.1) is 0 Å². The van der Waals surface area contributed by atoms with E-state index >= 15 is 0 Å².